The van der Waals surface area contributed by atoms with Crippen LogP contribution in [-0.4, -0.2) is 22.7 Å². The molecule has 1 unspecified atom stereocenters. The van der Waals surface area contributed by atoms with Gasteiger partial charge in [0.2, 0.25) is 0 Å². The van der Waals surface area contributed by atoms with Crippen molar-refractivity contribution < 1.29 is 9.50 Å². The lowest BCUT2D eigenvalue weighted by Crippen LogP contribution is -2.35. The summed E-state index contributed by atoms with van der Waals surface area (Å²) in [6.45, 7) is 6.77. The van der Waals surface area contributed by atoms with Crippen LogP contribution in [0.3, 0.4) is 0 Å². The average molecular weight is 254 g/mol. The van der Waals surface area contributed by atoms with Crippen molar-refractivity contribution >= 4 is 5.82 Å². The van der Waals surface area contributed by atoms with Crippen LogP contribution in [0.5, 0.6) is 0 Å². The van der Waals surface area contributed by atoms with Crippen molar-refractivity contribution in [1.82, 2.24) is 4.98 Å². The van der Waals surface area contributed by atoms with Gasteiger partial charge in [0.1, 0.15) is 0 Å². The Kier molecular flexibility index (Phi) is 6.05. The fourth-order valence-corrected chi connectivity index (χ4v) is 1.88. The maximum Gasteiger partial charge on any atom is 0.171 e. The number of halogens is 1. The van der Waals surface area contributed by atoms with Gasteiger partial charge in [-0.25, -0.2) is 9.37 Å². The van der Waals surface area contributed by atoms with Gasteiger partial charge in [0.05, 0.1) is 6.61 Å². The number of pyridine rings is 1. The molecule has 4 heteroatoms. The van der Waals surface area contributed by atoms with Crippen molar-refractivity contribution in [2.45, 2.75) is 52.7 Å². The van der Waals surface area contributed by atoms with E-state index in [0.717, 1.165) is 25.8 Å². The van der Waals surface area contributed by atoms with E-state index in [9.17, 15) is 4.39 Å². The normalized spacial score (nSPS) is 12.5. The maximum atomic E-state index is 14.2. The smallest absolute Gasteiger partial charge is 0.171 e. The fraction of sp³-hybridized carbons (Fsp3) is 0.643. The second-order valence-electron chi connectivity index (χ2n) is 4.57. The number of rotatable bonds is 7. The summed E-state index contributed by atoms with van der Waals surface area (Å²) in [4.78, 5) is 6.15. The van der Waals surface area contributed by atoms with Gasteiger partial charge in [-0.15, -0.1) is 0 Å². The highest BCUT2D eigenvalue weighted by Crippen LogP contribution is 2.23. The minimum absolute atomic E-state index is 0.243. The molecule has 0 saturated heterocycles. The lowest BCUT2D eigenvalue weighted by molar-refractivity contribution is 0.275. The molecule has 1 aromatic rings. The maximum absolute atomic E-state index is 14.2. The number of hydrogen-bond donors (Lipinski definition) is 1. The van der Waals surface area contributed by atoms with Crippen LogP contribution >= 0.6 is 0 Å². The Morgan fingerprint density at radius 2 is 2.17 bits per heavy atom. The van der Waals surface area contributed by atoms with Crippen LogP contribution in [0.1, 0.15) is 45.6 Å². The van der Waals surface area contributed by atoms with Crippen molar-refractivity contribution in [1.29, 1.82) is 0 Å². The molecule has 102 valence electrons. The summed E-state index contributed by atoms with van der Waals surface area (Å²) in [5, 5.41) is 9.11. The van der Waals surface area contributed by atoms with Crippen molar-refractivity contribution in [3.05, 3.63) is 23.6 Å². The molecular formula is C14H23FN2O. The third-order valence-corrected chi connectivity index (χ3v) is 3.27. The molecule has 1 atom stereocenters. The van der Waals surface area contributed by atoms with Crippen LogP contribution in [0, 0.1) is 5.82 Å². The first-order valence-electron chi connectivity index (χ1n) is 6.66. The summed E-state index contributed by atoms with van der Waals surface area (Å²) in [7, 11) is 0. The predicted octanol–water partition coefficient (Wildman–Crippen LogP) is 3.12. The van der Waals surface area contributed by atoms with E-state index in [2.05, 4.69) is 25.8 Å². The van der Waals surface area contributed by atoms with Crippen molar-refractivity contribution in [2.75, 3.05) is 11.4 Å². The quantitative estimate of drug-likeness (QED) is 0.812. The Morgan fingerprint density at radius 3 is 2.72 bits per heavy atom. The van der Waals surface area contributed by atoms with E-state index in [-0.39, 0.29) is 12.6 Å². The highest BCUT2D eigenvalue weighted by atomic mass is 19.1. The minimum Gasteiger partial charge on any atom is -0.392 e. The van der Waals surface area contributed by atoms with Gasteiger partial charge in [-0.05, 0) is 25.8 Å². The van der Waals surface area contributed by atoms with Gasteiger partial charge in [0.25, 0.3) is 0 Å². The molecule has 0 aliphatic heterocycles. The van der Waals surface area contributed by atoms with E-state index in [1.165, 1.54) is 6.07 Å². The molecule has 1 N–H and O–H groups in total. The first-order chi connectivity index (χ1) is 8.65. The largest absolute Gasteiger partial charge is 0.392 e. The van der Waals surface area contributed by atoms with E-state index >= 15 is 0 Å². The van der Waals surface area contributed by atoms with Gasteiger partial charge in [-0.1, -0.05) is 20.3 Å². The summed E-state index contributed by atoms with van der Waals surface area (Å²) in [6.07, 6.45) is 4.57. The van der Waals surface area contributed by atoms with Crippen LogP contribution in [-0.2, 0) is 6.61 Å². The van der Waals surface area contributed by atoms with Crippen LogP contribution in [0.25, 0.3) is 0 Å². The molecule has 0 fully saturated rings. The lowest BCUT2D eigenvalue weighted by atomic mass is 10.1. The molecule has 0 aromatic carbocycles. The Balaban J connectivity index is 3.04. The van der Waals surface area contributed by atoms with Crippen LogP contribution in [0.2, 0.25) is 0 Å². The number of hydrogen-bond acceptors (Lipinski definition) is 3. The number of unbranched alkanes of at least 4 members (excludes halogenated alkanes) is 1. The average Bonchev–Trinajstić information content (AvgIpc) is 2.40. The Labute approximate surface area is 109 Å². The fourth-order valence-electron chi connectivity index (χ4n) is 1.88. The van der Waals surface area contributed by atoms with E-state index < -0.39 is 5.82 Å². The van der Waals surface area contributed by atoms with Gasteiger partial charge in [0, 0.05) is 24.3 Å². The number of nitrogens with zero attached hydrogens (tertiary/aromatic N) is 2. The van der Waals surface area contributed by atoms with Crippen LogP contribution in [0.4, 0.5) is 10.2 Å². The Morgan fingerprint density at radius 1 is 1.44 bits per heavy atom. The van der Waals surface area contributed by atoms with Crippen molar-refractivity contribution in [3.8, 4) is 0 Å². The molecule has 0 saturated carbocycles. The lowest BCUT2D eigenvalue weighted by Gasteiger charge is -2.30. The molecule has 0 spiro atoms. The molecule has 3 nitrogen and oxygen atoms in total. The highest BCUT2D eigenvalue weighted by molar-refractivity contribution is 5.43. The minimum atomic E-state index is -0.392. The molecular weight excluding hydrogens is 231 g/mol. The summed E-state index contributed by atoms with van der Waals surface area (Å²) < 4.78 is 14.2. The molecule has 18 heavy (non-hydrogen) atoms. The molecule has 1 aromatic heterocycles. The number of aromatic nitrogens is 1. The Bertz CT molecular complexity index is 371. The van der Waals surface area contributed by atoms with Gasteiger partial charge in [-0.2, -0.15) is 0 Å². The predicted molar refractivity (Wildman–Crippen MR) is 72.1 cm³/mol. The summed E-state index contributed by atoms with van der Waals surface area (Å²) in [5.41, 5.74) is 0.310. The third kappa shape index (κ3) is 3.42. The molecule has 1 rings (SSSR count). The number of anilines is 1. The van der Waals surface area contributed by atoms with E-state index in [1.807, 2.05) is 4.90 Å². The highest BCUT2D eigenvalue weighted by Gasteiger charge is 2.19. The molecule has 0 aliphatic rings. The van der Waals surface area contributed by atoms with Crippen molar-refractivity contribution in [2.24, 2.45) is 0 Å². The number of aliphatic hydroxyl groups is 1. The first-order valence-corrected chi connectivity index (χ1v) is 6.66. The monoisotopic (exact) mass is 254 g/mol. The third-order valence-electron chi connectivity index (χ3n) is 3.27. The van der Waals surface area contributed by atoms with Gasteiger partial charge >= 0.3 is 0 Å². The van der Waals surface area contributed by atoms with E-state index in [1.54, 1.807) is 6.20 Å². The first kappa shape index (κ1) is 14.9. The van der Waals surface area contributed by atoms with Gasteiger partial charge in [-0.3, -0.25) is 0 Å². The topological polar surface area (TPSA) is 36.4 Å². The SMILES string of the molecule is CCCCN(c1nccc(CO)c1F)C(C)CC. The number of aliphatic hydroxyl groups excluding tert-OH is 1. The Hall–Kier alpha value is -1.16. The zero-order chi connectivity index (χ0) is 13.5. The van der Waals surface area contributed by atoms with E-state index in [4.69, 9.17) is 5.11 Å². The second-order valence-corrected chi connectivity index (χ2v) is 4.57. The molecule has 0 bridgehead atoms. The molecule has 0 aliphatic carbocycles. The van der Waals surface area contributed by atoms with Gasteiger partial charge in [0.15, 0.2) is 11.6 Å². The summed E-state index contributed by atoms with van der Waals surface area (Å²) in [5.74, 6) is -0.0271. The van der Waals surface area contributed by atoms with E-state index in [0.29, 0.717) is 11.4 Å². The molecule has 0 radical (unpaired) electrons. The van der Waals surface area contributed by atoms with Crippen LogP contribution < -0.4 is 4.90 Å². The standard InChI is InChI=1S/C14H23FN2O/c1-4-6-9-17(11(3)5-2)14-13(15)12(10-18)7-8-16-14/h7-8,11,18H,4-6,9-10H2,1-3H3. The summed E-state index contributed by atoms with van der Waals surface area (Å²) in [6, 6.07) is 1.76. The zero-order valence-electron chi connectivity index (χ0n) is 11.5. The zero-order valence-corrected chi connectivity index (χ0v) is 11.5. The summed E-state index contributed by atoms with van der Waals surface area (Å²) >= 11 is 0. The van der Waals surface area contributed by atoms with Crippen molar-refractivity contribution in [3.63, 3.8) is 0 Å². The second kappa shape index (κ2) is 7.31. The molecule has 1 heterocycles. The molecule has 0 amide bonds. The van der Waals surface area contributed by atoms with Gasteiger partial charge < -0.3 is 10.0 Å². The van der Waals surface area contributed by atoms with Crippen LogP contribution in [0.15, 0.2) is 12.3 Å².